The standard InChI is InChI=1S/C22H26ClN3O2/c1-15(16-9-11-24-12-10-16)13-21(27)25-18-7-8-20(23)19(14-18)22(28)26-17-5-3-2-4-6-17/h2-8,14-16,24H,9-13H2,1H3,(H,25,27)(H,26,28). The molecule has 0 spiro atoms. The lowest BCUT2D eigenvalue weighted by molar-refractivity contribution is -0.117. The van der Waals surface area contributed by atoms with Crippen LogP contribution in [-0.2, 0) is 4.79 Å². The molecule has 3 N–H and O–H groups in total. The number of benzene rings is 2. The summed E-state index contributed by atoms with van der Waals surface area (Å²) in [6.07, 6.45) is 2.69. The molecule has 28 heavy (non-hydrogen) atoms. The van der Waals surface area contributed by atoms with Crippen molar-refractivity contribution in [3.8, 4) is 0 Å². The van der Waals surface area contributed by atoms with Crippen LogP contribution in [0.1, 0.15) is 36.5 Å². The minimum absolute atomic E-state index is 0.0391. The first-order valence-corrected chi connectivity index (χ1v) is 10.1. The van der Waals surface area contributed by atoms with Gasteiger partial charge in [0, 0.05) is 17.8 Å². The Morgan fingerprint density at radius 1 is 1.07 bits per heavy atom. The summed E-state index contributed by atoms with van der Waals surface area (Å²) in [5.41, 5.74) is 1.59. The monoisotopic (exact) mass is 399 g/mol. The van der Waals surface area contributed by atoms with E-state index < -0.39 is 0 Å². The summed E-state index contributed by atoms with van der Waals surface area (Å²) < 4.78 is 0. The second-order valence-electron chi connectivity index (χ2n) is 7.33. The fraction of sp³-hybridized carbons (Fsp3) is 0.364. The van der Waals surface area contributed by atoms with Crippen LogP contribution in [0.15, 0.2) is 48.5 Å². The molecular weight excluding hydrogens is 374 g/mol. The maximum absolute atomic E-state index is 12.5. The lowest BCUT2D eigenvalue weighted by Crippen LogP contribution is -2.32. The van der Waals surface area contributed by atoms with Crippen LogP contribution < -0.4 is 16.0 Å². The average molecular weight is 400 g/mol. The predicted octanol–water partition coefficient (Wildman–Crippen LogP) is 4.56. The Balaban J connectivity index is 1.62. The van der Waals surface area contributed by atoms with Gasteiger partial charge in [-0.15, -0.1) is 0 Å². The van der Waals surface area contributed by atoms with Crippen LogP contribution in [-0.4, -0.2) is 24.9 Å². The highest BCUT2D eigenvalue weighted by molar-refractivity contribution is 6.34. The summed E-state index contributed by atoms with van der Waals surface area (Å²) in [5, 5.41) is 9.41. The SMILES string of the molecule is CC(CC(=O)Nc1ccc(Cl)c(C(=O)Nc2ccccc2)c1)C1CCNCC1. The van der Waals surface area contributed by atoms with Crippen molar-refractivity contribution in [2.75, 3.05) is 23.7 Å². The highest BCUT2D eigenvalue weighted by Crippen LogP contribution is 2.26. The second-order valence-corrected chi connectivity index (χ2v) is 7.74. The van der Waals surface area contributed by atoms with E-state index in [1.807, 2.05) is 18.2 Å². The van der Waals surface area contributed by atoms with Crippen molar-refractivity contribution in [3.05, 3.63) is 59.1 Å². The third-order valence-electron chi connectivity index (χ3n) is 5.22. The van der Waals surface area contributed by atoms with Gasteiger partial charge in [-0.3, -0.25) is 9.59 Å². The largest absolute Gasteiger partial charge is 0.326 e. The van der Waals surface area contributed by atoms with Gasteiger partial charge < -0.3 is 16.0 Å². The average Bonchev–Trinajstić information content (AvgIpc) is 2.70. The number of anilines is 2. The summed E-state index contributed by atoms with van der Waals surface area (Å²) >= 11 is 6.20. The molecule has 1 aliphatic heterocycles. The van der Waals surface area contributed by atoms with Gasteiger partial charge in [0.1, 0.15) is 0 Å². The second kappa shape index (κ2) is 9.71. The van der Waals surface area contributed by atoms with Gasteiger partial charge in [-0.2, -0.15) is 0 Å². The first kappa shape index (κ1) is 20.4. The normalized spacial score (nSPS) is 15.6. The molecule has 1 unspecified atom stereocenters. The quantitative estimate of drug-likeness (QED) is 0.667. The van der Waals surface area contributed by atoms with Gasteiger partial charge in [0.25, 0.3) is 5.91 Å². The molecule has 0 bridgehead atoms. The summed E-state index contributed by atoms with van der Waals surface area (Å²) in [5.74, 6) is 0.554. The molecule has 3 rings (SSSR count). The van der Waals surface area contributed by atoms with Gasteiger partial charge in [-0.05, 0) is 68.1 Å². The number of carbonyl (C=O) groups excluding carboxylic acids is 2. The fourth-order valence-corrected chi connectivity index (χ4v) is 3.78. The van der Waals surface area contributed by atoms with E-state index in [1.54, 1.807) is 30.3 Å². The highest BCUT2D eigenvalue weighted by Gasteiger charge is 2.22. The molecule has 1 fully saturated rings. The Hall–Kier alpha value is -2.37. The molecule has 6 heteroatoms. The maximum atomic E-state index is 12.5. The molecule has 1 aliphatic rings. The number of carbonyl (C=O) groups is 2. The van der Waals surface area contributed by atoms with E-state index in [2.05, 4.69) is 22.9 Å². The molecule has 148 valence electrons. The van der Waals surface area contributed by atoms with Crippen molar-refractivity contribution in [3.63, 3.8) is 0 Å². The fourth-order valence-electron chi connectivity index (χ4n) is 3.58. The number of halogens is 1. The summed E-state index contributed by atoms with van der Waals surface area (Å²) in [4.78, 5) is 25.0. The van der Waals surface area contributed by atoms with Crippen molar-refractivity contribution in [1.29, 1.82) is 0 Å². The van der Waals surface area contributed by atoms with E-state index in [0.29, 0.717) is 40.2 Å². The van der Waals surface area contributed by atoms with Gasteiger partial charge >= 0.3 is 0 Å². The minimum Gasteiger partial charge on any atom is -0.326 e. The molecular formula is C22H26ClN3O2. The van der Waals surface area contributed by atoms with Crippen molar-refractivity contribution in [2.24, 2.45) is 11.8 Å². The van der Waals surface area contributed by atoms with Crippen LogP contribution in [0, 0.1) is 11.8 Å². The molecule has 0 aliphatic carbocycles. The van der Waals surface area contributed by atoms with Crippen molar-refractivity contribution in [2.45, 2.75) is 26.2 Å². The number of hydrogen-bond donors (Lipinski definition) is 3. The molecule has 2 aromatic carbocycles. The third-order valence-corrected chi connectivity index (χ3v) is 5.55. The van der Waals surface area contributed by atoms with Crippen LogP contribution in [0.3, 0.4) is 0 Å². The lowest BCUT2D eigenvalue weighted by atomic mass is 9.84. The van der Waals surface area contributed by atoms with Crippen LogP contribution in [0.5, 0.6) is 0 Å². The molecule has 0 radical (unpaired) electrons. The van der Waals surface area contributed by atoms with Gasteiger partial charge in [0.2, 0.25) is 5.91 Å². The molecule has 1 heterocycles. The van der Waals surface area contributed by atoms with Crippen molar-refractivity contribution >= 4 is 34.8 Å². The van der Waals surface area contributed by atoms with Gasteiger partial charge in [-0.1, -0.05) is 36.7 Å². The number of nitrogens with one attached hydrogen (secondary N) is 3. The van der Waals surface area contributed by atoms with E-state index in [-0.39, 0.29) is 11.8 Å². The summed E-state index contributed by atoms with van der Waals surface area (Å²) in [6.45, 7) is 4.18. The minimum atomic E-state index is -0.310. The molecule has 2 amide bonds. The molecule has 1 atom stereocenters. The van der Waals surface area contributed by atoms with E-state index in [1.165, 1.54) is 0 Å². The maximum Gasteiger partial charge on any atom is 0.257 e. The Morgan fingerprint density at radius 3 is 2.50 bits per heavy atom. The molecule has 2 aromatic rings. The smallest absolute Gasteiger partial charge is 0.257 e. The molecule has 0 saturated carbocycles. The highest BCUT2D eigenvalue weighted by atomic mass is 35.5. The zero-order chi connectivity index (χ0) is 19.9. The molecule has 5 nitrogen and oxygen atoms in total. The van der Waals surface area contributed by atoms with Crippen LogP contribution >= 0.6 is 11.6 Å². The lowest BCUT2D eigenvalue weighted by Gasteiger charge is -2.27. The number of rotatable bonds is 6. The number of hydrogen-bond acceptors (Lipinski definition) is 3. The summed E-state index contributed by atoms with van der Waals surface area (Å²) in [7, 11) is 0. The van der Waals surface area contributed by atoms with E-state index in [0.717, 1.165) is 25.9 Å². The zero-order valence-corrected chi connectivity index (χ0v) is 16.8. The zero-order valence-electron chi connectivity index (χ0n) is 16.0. The van der Waals surface area contributed by atoms with Gasteiger partial charge in [0.15, 0.2) is 0 Å². The number of amides is 2. The topological polar surface area (TPSA) is 70.2 Å². The van der Waals surface area contributed by atoms with Crippen molar-refractivity contribution < 1.29 is 9.59 Å². The Labute approximate surface area is 170 Å². The molecule has 1 saturated heterocycles. The van der Waals surface area contributed by atoms with E-state index >= 15 is 0 Å². The van der Waals surface area contributed by atoms with Crippen LogP contribution in [0.4, 0.5) is 11.4 Å². The number of para-hydroxylation sites is 1. The Morgan fingerprint density at radius 2 is 1.79 bits per heavy atom. The van der Waals surface area contributed by atoms with Crippen LogP contribution in [0.2, 0.25) is 5.02 Å². The Bertz CT molecular complexity index is 820. The van der Waals surface area contributed by atoms with E-state index in [4.69, 9.17) is 11.6 Å². The number of piperidine rings is 1. The van der Waals surface area contributed by atoms with Crippen molar-refractivity contribution in [1.82, 2.24) is 5.32 Å². The first-order chi connectivity index (χ1) is 13.5. The first-order valence-electron chi connectivity index (χ1n) is 9.69. The summed E-state index contributed by atoms with van der Waals surface area (Å²) in [6, 6.07) is 14.1. The van der Waals surface area contributed by atoms with Gasteiger partial charge in [0.05, 0.1) is 10.6 Å². The third kappa shape index (κ3) is 5.57. The predicted molar refractivity (Wildman–Crippen MR) is 114 cm³/mol. The molecule has 0 aromatic heterocycles. The van der Waals surface area contributed by atoms with Gasteiger partial charge in [-0.25, -0.2) is 0 Å². The van der Waals surface area contributed by atoms with Crippen LogP contribution in [0.25, 0.3) is 0 Å². The van der Waals surface area contributed by atoms with E-state index in [9.17, 15) is 9.59 Å². The Kier molecular flexibility index (Phi) is 7.06.